The number of halogens is 4. The van der Waals surface area contributed by atoms with Gasteiger partial charge in [0.2, 0.25) is 0 Å². The Labute approximate surface area is 222 Å². The van der Waals surface area contributed by atoms with Gasteiger partial charge in [-0.2, -0.15) is 13.2 Å². The van der Waals surface area contributed by atoms with Crippen LogP contribution in [-0.4, -0.2) is 44.3 Å². The van der Waals surface area contributed by atoms with Crippen LogP contribution >= 0.6 is 22.9 Å². The van der Waals surface area contributed by atoms with Crippen molar-refractivity contribution in [1.29, 1.82) is 0 Å². The molecule has 1 aromatic carbocycles. The van der Waals surface area contributed by atoms with Crippen LogP contribution in [0.15, 0.2) is 65.0 Å². The number of hydrogen-bond donors (Lipinski definition) is 1. The zero-order valence-electron chi connectivity index (χ0n) is 20.1. The van der Waals surface area contributed by atoms with Gasteiger partial charge in [-0.15, -0.1) is 11.3 Å². The van der Waals surface area contributed by atoms with E-state index in [0.29, 0.717) is 27.0 Å². The number of nitrogens with zero attached hydrogens (tertiary/aromatic N) is 3. The monoisotopic (exact) mass is 572 g/mol. The molecular weight excluding hydrogens is 549 g/mol. The molecule has 0 fully saturated rings. The predicted octanol–water partition coefficient (Wildman–Crippen LogP) is 5.39. The number of hydrogen-bond acceptors (Lipinski definition) is 6. The minimum absolute atomic E-state index is 0.00270. The van der Waals surface area contributed by atoms with Crippen LogP contribution in [0, 0.1) is 0 Å². The molecule has 2 heterocycles. The third kappa shape index (κ3) is 6.62. The first kappa shape index (κ1) is 28.5. The molecule has 7 nitrogen and oxygen atoms in total. The third-order valence-electron chi connectivity index (χ3n) is 5.23. The number of nitrogens with one attached hydrogen (secondary N) is 1. The summed E-state index contributed by atoms with van der Waals surface area (Å²) in [6.07, 6.45) is -4.45. The van der Waals surface area contributed by atoms with Crippen LogP contribution in [0.2, 0.25) is 4.34 Å². The summed E-state index contributed by atoms with van der Waals surface area (Å²) < 4.78 is 65.9. The lowest BCUT2D eigenvalue weighted by molar-refractivity contribution is -0.137. The minimum atomic E-state index is -4.45. The third-order valence-corrected chi connectivity index (χ3v) is 8.85. The van der Waals surface area contributed by atoms with Crippen LogP contribution in [0.3, 0.4) is 0 Å². The fourth-order valence-corrected chi connectivity index (χ4v) is 6.37. The van der Waals surface area contributed by atoms with E-state index < -0.39 is 27.7 Å². The van der Waals surface area contributed by atoms with Gasteiger partial charge in [-0.25, -0.2) is 13.4 Å². The lowest BCUT2D eigenvalue weighted by atomic mass is 10.1. The van der Waals surface area contributed by atoms with Crippen molar-refractivity contribution in [3.63, 3.8) is 0 Å². The molecule has 3 rings (SSSR count). The average Bonchev–Trinajstić information content (AvgIpc) is 3.29. The second-order valence-corrected chi connectivity index (χ2v) is 11.9. The van der Waals surface area contributed by atoms with Crippen molar-refractivity contribution in [2.45, 2.75) is 23.9 Å². The molecule has 0 saturated carbocycles. The van der Waals surface area contributed by atoms with Gasteiger partial charge < -0.3 is 10.2 Å². The van der Waals surface area contributed by atoms with Crippen LogP contribution < -0.4 is 10.2 Å². The van der Waals surface area contributed by atoms with E-state index in [4.69, 9.17) is 11.6 Å². The Hall–Kier alpha value is -3.09. The van der Waals surface area contributed by atoms with E-state index in [9.17, 15) is 26.4 Å². The number of sulfonamides is 1. The van der Waals surface area contributed by atoms with Crippen molar-refractivity contribution in [2.24, 2.45) is 0 Å². The number of alkyl halides is 3. The molecule has 2 aromatic heterocycles. The molecule has 0 aliphatic heterocycles. The summed E-state index contributed by atoms with van der Waals surface area (Å²) in [4.78, 5) is 19.0. The SMILES string of the molecule is C=C(C(=O)NCc1cc(-c2ccc(C(F)(F)F)cc2)nc(N(C)C)c1)N(CC)S(=O)(=O)c1ccc(Cl)s1. The van der Waals surface area contributed by atoms with Crippen molar-refractivity contribution in [2.75, 3.05) is 25.5 Å². The zero-order chi connectivity index (χ0) is 27.5. The Kier molecular flexibility index (Phi) is 8.56. The first-order valence-corrected chi connectivity index (χ1v) is 13.5. The second-order valence-electron chi connectivity index (χ2n) is 8.05. The Morgan fingerprint density at radius 1 is 1.14 bits per heavy atom. The molecule has 1 N–H and O–H groups in total. The van der Waals surface area contributed by atoms with E-state index in [1.54, 1.807) is 38.1 Å². The summed E-state index contributed by atoms with van der Waals surface area (Å²) >= 11 is 6.74. The number of benzene rings is 1. The quantitative estimate of drug-likeness (QED) is 0.348. The van der Waals surface area contributed by atoms with Gasteiger partial charge in [-0.3, -0.25) is 9.10 Å². The second kappa shape index (κ2) is 11.1. The Morgan fingerprint density at radius 2 is 1.78 bits per heavy atom. The van der Waals surface area contributed by atoms with Gasteiger partial charge in [0, 0.05) is 32.7 Å². The summed E-state index contributed by atoms with van der Waals surface area (Å²) in [5.41, 5.74) is 0.440. The van der Waals surface area contributed by atoms with Gasteiger partial charge >= 0.3 is 6.18 Å². The highest BCUT2D eigenvalue weighted by atomic mass is 35.5. The van der Waals surface area contributed by atoms with E-state index in [1.807, 2.05) is 0 Å². The van der Waals surface area contributed by atoms with Gasteiger partial charge in [0.1, 0.15) is 15.7 Å². The van der Waals surface area contributed by atoms with Gasteiger partial charge in [0.05, 0.1) is 15.6 Å². The number of aromatic nitrogens is 1. The van der Waals surface area contributed by atoms with E-state index in [0.717, 1.165) is 27.8 Å². The number of carbonyl (C=O) groups excluding carboxylic acids is 1. The molecule has 0 saturated heterocycles. The first-order valence-electron chi connectivity index (χ1n) is 10.8. The van der Waals surface area contributed by atoms with Crippen molar-refractivity contribution in [3.05, 3.63) is 76.3 Å². The number of likely N-dealkylation sites (N-methyl/N-ethyl adjacent to an activating group) is 1. The maximum absolute atomic E-state index is 13.0. The number of rotatable bonds is 9. The molecular formula is C24H24ClF3N4O3S2. The summed E-state index contributed by atoms with van der Waals surface area (Å²) in [6, 6.07) is 10.8. The molecule has 0 unspecified atom stereocenters. The number of carbonyl (C=O) groups is 1. The first-order chi connectivity index (χ1) is 17.2. The lowest BCUT2D eigenvalue weighted by Crippen LogP contribution is -2.37. The van der Waals surface area contributed by atoms with E-state index in [-0.39, 0.29) is 23.0 Å². The highest BCUT2D eigenvalue weighted by Gasteiger charge is 2.30. The smallest absolute Gasteiger partial charge is 0.363 e. The number of thiophene rings is 1. The number of pyridine rings is 1. The highest BCUT2D eigenvalue weighted by Crippen LogP contribution is 2.32. The summed E-state index contributed by atoms with van der Waals surface area (Å²) in [5.74, 6) is -0.180. The van der Waals surface area contributed by atoms with Crippen LogP contribution in [0.25, 0.3) is 11.3 Å². The molecule has 3 aromatic rings. The van der Waals surface area contributed by atoms with Crippen LogP contribution in [0.4, 0.5) is 19.0 Å². The molecule has 0 aliphatic carbocycles. The standard InChI is InChI=1S/C24H24ClF3N4O3S2/c1-5-32(37(34,35)22-11-10-20(25)36-22)15(2)23(33)29-14-16-12-19(30-21(13-16)31(3)4)17-6-8-18(9-7-17)24(26,27)28/h6-13H,2,5,14H2,1,3-4H3,(H,29,33). The molecule has 1 amide bonds. The molecule has 13 heteroatoms. The van der Waals surface area contributed by atoms with Gasteiger partial charge in [0.25, 0.3) is 15.9 Å². The Bertz CT molecular complexity index is 1410. The largest absolute Gasteiger partial charge is 0.416 e. The van der Waals surface area contributed by atoms with E-state index in [1.165, 1.54) is 24.3 Å². The van der Waals surface area contributed by atoms with Gasteiger partial charge in [-0.1, -0.05) is 30.3 Å². The molecule has 0 aliphatic rings. The summed E-state index contributed by atoms with van der Waals surface area (Å²) in [7, 11) is -0.514. The topological polar surface area (TPSA) is 82.6 Å². The predicted molar refractivity (Wildman–Crippen MR) is 139 cm³/mol. The molecule has 0 spiro atoms. The number of amides is 1. The van der Waals surface area contributed by atoms with Crippen molar-refractivity contribution in [3.8, 4) is 11.3 Å². The summed E-state index contributed by atoms with van der Waals surface area (Å²) in [6.45, 7) is 5.22. The molecule has 37 heavy (non-hydrogen) atoms. The van der Waals surface area contributed by atoms with Crippen molar-refractivity contribution >= 4 is 44.7 Å². The fraction of sp³-hybridized carbons (Fsp3) is 0.250. The zero-order valence-corrected chi connectivity index (χ0v) is 22.5. The molecule has 0 bridgehead atoms. The van der Waals surface area contributed by atoms with Crippen molar-refractivity contribution < 1.29 is 26.4 Å². The summed E-state index contributed by atoms with van der Waals surface area (Å²) in [5, 5.41) is 2.65. The van der Waals surface area contributed by atoms with Crippen LogP contribution in [0.1, 0.15) is 18.1 Å². The molecule has 0 atom stereocenters. The normalized spacial score (nSPS) is 11.8. The maximum atomic E-state index is 13.0. The maximum Gasteiger partial charge on any atom is 0.416 e. The van der Waals surface area contributed by atoms with E-state index in [2.05, 4.69) is 16.9 Å². The van der Waals surface area contributed by atoms with Crippen LogP contribution in [-0.2, 0) is 27.5 Å². The van der Waals surface area contributed by atoms with Gasteiger partial charge in [0.15, 0.2) is 0 Å². The minimum Gasteiger partial charge on any atom is -0.363 e. The van der Waals surface area contributed by atoms with Crippen LogP contribution in [0.5, 0.6) is 0 Å². The van der Waals surface area contributed by atoms with Gasteiger partial charge in [-0.05, 0) is 48.9 Å². The molecule has 198 valence electrons. The Balaban J connectivity index is 1.81. The average molecular weight is 573 g/mol. The number of anilines is 1. The lowest BCUT2D eigenvalue weighted by Gasteiger charge is -2.23. The fourth-order valence-electron chi connectivity index (χ4n) is 3.33. The van der Waals surface area contributed by atoms with E-state index >= 15 is 0 Å². The molecule has 0 radical (unpaired) electrons. The van der Waals surface area contributed by atoms with Crippen molar-refractivity contribution in [1.82, 2.24) is 14.6 Å². The Morgan fingerprint density at radius 3 is 2.30 bits per heavy atom. The highest BCUT2D eigenvalue weighted by molar-refractivity contribution is 7.91.